The minimum atomic E-state index is -0.0478. The quantitative estimate of drug-likeness (QED) is 0.490. The number of nitrogens with one attached hydrogen (secondary N) is 1. The summed E-state index contributed by atoms with van der Waals surface area (Å²) >= 11 is 0. The van der Waals surface area contributed by atoms with Crippen molar-refractivity contribution in [3.63, 3.8) is 0 Å². The molecule has 0 saturated carbocycles. The third-order valence-electron chi connectivity index (χ3n) is 4.87. The van der Waals surface area contributed by atoms with E-state index >= 15 is 0 Å². The van der Waals surface area contributed by atoms with Crippen molar-refractivity contribution in [2.24, 2.45) is 0 Å². The van der Waals surface area contributed by atoms with Crippen LogP contribution >= 0.6 is 0 Å². The van der Waals surface area contributed by atoms with Crippen LogP contribution in [0.3, 0.4) is 0 Å². The number of pyridine rings is 1. The predicted octanol–water partition coefficient (Wildman–Crippen LogP) is 5.82. The van der Waals surface area contributed by atoms with E-state index in [0.717, 1.165) is 28.2 Å². The van der Waals surface area contributed by atoms with Gasteiger partial charge in [0.25, 0.3) is 0 Å². The average Bonchev–Trinajstić information content (AvgIpc) is 3.12. The van der Waals surface area contributed by atoms with Gasteiger partial charge in [0.15, 0.2) is 0 Å². The fourth-order valence-corrected chi connectivity index (χ4v) is 3.46. The third kappa shape index (κ3) is 3.36. The Hall–Kier alpha value is -3.33. The van der Waals surface area contributed by atoms with Gasteiger partial charge in [0.1, 0.15) is 5.65 Å². The van der Waals surface area contributed by atoms with Crippen molar-refractivity contribution in [3.05, 3.63) is 108 Å². The molecule has 0 bridgehead atoms. The van der Waals surface area contributed by atoms with Gasteiger partial charge in [0.05, 0.1) is 17.9 Å². The molecule has 0 radical (unpaired) electrons. The van der Waals surface area contributed by atoms with Crippen molar-refractivity contribution in [1.29, 1.82) is 0 Å². The third-order valence-corrected chi connectivity index (χ3v) is 4.87. The fourth-order valence-electron chi connectivity index (χ4n) is 3.46. The van der Waals surface area contributed by atoms with E-state index in [-0.39, 0.29) is 6.04 Å². The molecule has 2 aromatic heterocycles. The second-order valence-corrected chi connectivity index (χ2v) is 6.91. The Bertz CT molecular complexity index is 1090. The molecule has 4 aromatic rings. The van der Waals surface area contributed by atoms with E-state index in [4.69, 9.17) is 0 Å². The molecule has 0 saturated heterocycles. The predicted molar refractivity (Wildman–Crippen MR) is 113 cm³/mol. The maximum atomic E-state index is 4.61. The van der Waals surface area contributed by atoms with Crippen molar-refractivity contribution in [2.45, 2.75) is 19.9 Å². The summed E-state index contributed by atoms with van der Waals surface area (Å²) < 4.78 is 2.12. The standard InChI is InChI=1S/C24H23N3/c1-17-9-7-13-21(15-17)26-23(20-11-5-4-6-12-20)19(3)22-16-25-24-18(2)10-8-14-27(22)24/h4-16,23,26H,3H2,1-2H3. The molecule has 0 aliphatic heterocycles. The Morgan fingerprint density at radius 1 is 1.00 bits per heavy atom. The Balaban J connectivity index is 1.77. The smallest absolute Gasteiger partial charge is 0.140 e. The zero-order valence-electron chi connectivity index (χ0n) is 15.7. The second-order valence-electron chi connectivity index (χ2n) is 6.91. The molecular weight excluding hydrogens is 330 g/mol. The first kappa shape index (κ1) is 17.1. The van der Waals surface area contributed by atoms with Gasteiger partial charge in [-0.3, -0.25) is 4.40 Å². The SMILES string of the molecule is C=C(c1cnc2c(C)cccn12)C(Nc1cccc(C)c1)c1ccccc1. The molecule has 27 heavy (non-hydrogen) atoms. The van der Waals surface area contributed by atoms with Gasteiger partial charge in [0.2, 0.25) is 0 Å². The van der Waals surface area contributed by atoms with Crippen molar-refractivity contribution in [1.82, 2.24) is 9.38 Å². The number of hydrogen-bond acceptors (Lipinski definition) is 2. The van der Waals surface area contributed by atoms with Crippen LogP contribution in [-0.2, 0) is 0 Å². The zero-order chi connectivity index (χ0) is 18.8. The van der Waals surface area contributed by atoms with Crippen molar-refractivity contribution < 1.29 is 0 Å². The molecule has 0 spiro atoms. The average molecular weight is 353 g/mol. The maximum Gasteiger partial charge on any atom is 0.140 e. The van der Waals surface area contributed by atoms with E-state index in [1.54, 1.807) is 0 Å². The molecule has 1 unspecified atom stereocenters. The van der Waals surface area contributed by atoms with Crippen LogP contribution in [0.15, 0.2) is 85.7 Å². The highest BCUT2D eigenvalue weighted by molar-refractivity contribution is 5.73. The van der Waals surface area contributed by atoms with Crippen LogP contribution in [0.25, 0.3) is 11.2 Å². The van der Waals surface area contributed by atoms with E-state index in [0.29, 0.717) is 0 Å². The summed E-state index contributed by atoms with van der Waals surface area (Å²) in [5.74, 6) is 0. The zero-order valence-corrected chi connectivity index (χ0v) is 15.7. The highest BCUT2D eigenvalue weighted by Crippen LogP contribution is 2.32. The normalized spacial score (nSPS) is 12.1. The second kappa shape index (κ2) is 7.12. The topological polar surface area (TPSA) is 29.3 Å². The summed E-state index contributed by atoms with van der Waals surface area (Å²) in [6.07, 6.45) is 3.96. The number of rotatable bonds is 5. The number of aryl methyl sites for hydroxylation is 2. The summed E-state index contributed by atoms with van der Waals surface area (Å²) in [4.78, 5) is 4.61. The van der Waals surface area contributed by atoms with Crippen molar-refractivity contribution >= 4 is 16.9 Å². The van der Waals surface area contributed by atoms with Gasteiger partial charge in [-0.25, -0.2) is 4.98 Å². The first-order valence-corrected chi connectivity index (χ1v) is 9.13. The van der Waals surface area contributed by atoms with Gasteiger partial charge in [-0.15, -0.1) is 0 Å². The highest BCUT2D eigenvalue weighted by Gasteiger charge is 2.19. The molecule has 3 heteroatoms. The lowest BCUT2D eigenvalue weighted by Gasteiger charge is -2.23. The van der Waals surface area contributed by atoms with Crippen LogP contribution in [0.4, 0.5) is 5.69 Å². The van der Waals surface area contributed by atoms with Crippen molar-refractivity contribution in [3.8, 4) is 0 Å². The summed E-state index contributed by atoms with van der Waals surface area (Å²) in [5, 5.41) is 3.66. The number of imidazole rings is 1. The maximum absolute atomic E-state index is 4.61. The first-order valence-electron chi connectivity index (χ1n) is 9.13. The molecular formula is C24H23N3. The van der Waals surface area contributed by atoms with E-state index < -0.39 is 0 Å². The Morgan fingerprint density at radius 3 is 2.59 bits per heavy atom. The van der Waals surface area contributed by atoms with Crippen LogP contribution in [0.1, 0.15) is 28.4 Å². The van der Waals surface area contributed by atoms with Crippen LogP contribution in [0, 0.1) is 13.8 Å². The largest absolute Gasteiger partial charge is 0.374 e. The molecule has 2 heterocycles. The van der Waals surface area contributed by atoms with E-state index in [1.165, 1.54) is 11.1 Å². The van der Waals surface area contributed by atoms with E-state index in [2.05, 4.69) is 89.7 Å². The molecule has 134 valence electrons. The Kier molecular flexibility index (Phi) is 4.51. The van der Waals surface area contributed by atoms with E-state index in [1.807, 2.05) is 24.5 Å². The van der Waals surface area contributed by atoms with Gasteiger partial charge in [0, 0.05) is 11.9 Å². The Morgan fingerprint density at radius 2 is 1.81 bits per heavy atom. The number of anilines is 1. The molecule has 1 N–H and O–H groups in total. The number of fused-ring (bicyclic) bond motifs is 1. The van der Waals surface area contributed by atoms with Gasteiger partial charge < -0.3 is 5.32 Å². The van der Waals surface area contributed by atoms with Gasteiger partial charge in [-0.1, -0.05) is 55.1 Å². The monoisotopic (exact) mass is 353 g/mol. The lowest BCUT2D eigenvalue weighted by atomic mass is 9.97. The minimum absolute atomic E-state index is 0.0478. The van der Waals surface area contributed by atoms with Crippen LogP contribution in [0.5, 0.6) is 0 Å². The minimum Gasteiger partial charge on any atom is -0.374 e. The fraction of sp³-hybridized carbons (Fsp3) is 0.125. The number of aromatic nitrogens is 2. The van der Waals surface area contributed by atoms with E-state index in [9.17, 15) is 0 Å². The van der Waals surface area contributed by atoms with Gasteiger partial charge in [-0.2, -0.15) is 0 Å². The summed E-state index contributed by atoms with van der Waals surface area (Å²) in [6, 6.07) is 22.9. The Labute approximate surface area is 160 Å². The molecule has 0 fully saturated rings. The molecule has 1 atom stereocenters. The van der Waals surface area contributed by atoms with Crippen LogP contribution < -0.4 is 5.32 Å². The molecule has 3 nitrogen and oxygen atoms in total. The lowest BCUT2D eigenvalue weighted by Crippen LogP contribution is -2.13. The van der Waals surface area contributed by atoms with Crippen LogP contribution in [-0.4, -0.2) is 9.38 Å². The molecule has 0 aliphatic rings. The first-order chi connectivity index (χ1) is 13.1. The number of hydrogen-bond donors (Lipinski definition) is 1. The highest BCUT2D eigenvalue weighted by atomic mass is 15.0. The molecule has 0 amide bonds. The molecule has 4 rings (SSSR count). The summed E-state index contributed by atoms with van der Waals surface area (Å²) in [5.41, 5.74) is 7.60. The number of benzene rings is 2. The van der Waals surface area contributed by atoms with Crippen molar-refractivity contribution in [2.75, 3.05) is 5.32 Å². The molecule has 2 aromatic carbocycles. The number of nitrogens with zero attached hydrogens (tertiary/aromatic N) is 2. The summed E-state index contributed by atoms with van der Waals surface area (Å²) in [7, 11) is 0. The summed E-state index contributed by atoms with van der Waals surface area (Å²) in [6.45, 7) is 8.63. The molecule has 0 aliphatic carbocycles. The van der Waals surface area contributed by atoms with Gasteiger partial charge >= 0.3 is 0 Å². The van der Waals surface area contributed by atoms with Crippen LogP contribution in [0.2, 0.25) is 0 Å². The van der Waals surface area contributed by atoms with Gasteiger partial charge in [-0.05, 0) is 54.3 Å². The lowest BCUT2D eigenvalue weighted by molar-refractivity contribution is 0.985.